The summed E-state index contributed by atoms with van der Waals surface area (Å²) in [6.45, 7) is 5.99. The second-order valence-corrected chi connectivity index (χ2v) is 7.39. The molecular formula is C21H24N2O4. The Morgan fingerprint density at radius 2 is 1.30 bits per heavy atom. The number of amides is 2. The Hall–Kier alpha value is -3.15. The standard InChI is InChI=1S/C21H24N2O4/c1-21(2,3)13-18(24)22-16-9-5-14(6-10-16)19(25)23-17-11-7-15(8-12-17)20(26)27-4/h5-12H,13H2,1-4H3,(H,22,24)(H,23,25). The maximum Gasteiger partial charge on any atom is 0.337 e. The van der Waals surface area contributed by atoms with Crippen molar-refractivity contribution in [2.24, 2.45) is 5.41 Å². The Balaban J connectivity index is 1.97. The predicted molar refractivity (Wildman–Crippen MR) is 105 cm³/mol. The molecule has 0 bridgehead atoms. The highest BCUT2D eigenvalue weighted by Gasteiger charge is 2.16. The van der Waals surface area contributed by atoms with E-state index in [1.165, 1.54) is 7.11 Å². The van der Waals surface area contributed by atoms with Gasteiger partial charge in [0.2, 0.25) is 5.91 Å². The molecule has 0 spiro atoms. The van der Waals surface area contributed by atoms with E-state index in [0.717, 1.165) is 0 Å². The van der Waals surface area contributed by atoms with E-state index >= 15 is 0 Å². The van der Waals surface area contributed by atoms with Crippen molar-refractivity contribution in [2.75, 3.05) is 17.7 Å². The summed E-state index contributed by atoms with van der Waals surface area (Å²) in [5.41, 5.74) is 1.98. The Labute approximate surface area is 158 Å². The minimum Gasteiger partial charge on any atom is -0.465 e. The number of benzene rings is 2. The van der Waals surface area contributed by atoms with Gasteiger partial charge < -0.3 is 15.4 Å². The molecule has 0 radical (unpaired) electrons. The van der Waals surface area contributed by atoms with Crippen molar-refractivity contribution in [3.05, 3.63) is 59.7 Å². The Kier molecular flexibility index (Phi) is 6.34. The SMILES string of the molecule is COC(=O)c1ccc(NC(=O)c2ccc(NC(=O)CC(C)(C)C)cc2)cc1. The van der Waals surface area contributed by atoms with Gasteiger partial charge in [0.25, 0.3) is 5.91 Å². The van der Waals surface area contributed by atoms with Crippen molar-refractivity contribution in [3.63, 3.8) is 0 Å². The highest BCUT2D eigenvalue weighted by atomic mass is 16.5. The first kappa shape index (κ1) is 20.2. The first-order valence-corrected chi connectivity index (χ1v) is 8.57. The van der Waals surface area contributed by atoms with Crippen LogP contribution in [-0.4, -0.2) is 24.9 Å². The van der Waals surface area contributed by atoms with Crippen LogP contribution >= 0.6 is 0 Å². The fraction of sp³-hybridized carbons (Fsp3) is 0.286. The van der Waals surface area contributed by atoms with E-state index in [9.17, 15) is 14.4 Å². The summed E-state index contributed by atoms with van der Waals surface area (Å²) >= 11 is 0. The lowest BCUT2D eigenvalue weighted by Gasteiger charge is -2.17. The van der Waals surface area contributed by atoms with E-state index in [1.54, 1.807) is 48.5 Å². The number of ether oxygens (including phenoxy) is 1. The van der Waals surface area contributed by atoms with E-state index in [4.69, 9.17) is 0 Å². The number of esters is 1. The molecular weight excluding hydrogens is 344 g/mol. The molecule has 0 fully saturated rings. The van der Waals surface area contributed by atoms with Gasteiger partial charge in [-0.1, -0.05) is 20.8 Å². The van der Waals surface area contributed by atoms with Crippen LogP contribution < -0.4 is 10.6 Å². The zero-order chi connectivity index (χ0) is 20.0. The molecule has 2 aromatic rings. The molecule has 0 saturated heterocycles. The summed E-state index contributed by atoms with van der Waals surface area (Å²) in [7, 11) is 1.31. The number of hydrogen-bond donors (Lipinski definition) is 2. The van der Waals surface area contributed by atoms with Crippen LogP contribution in [0.1, 0.15) is 47.9 Å². The summed E-state index contributed by atoms with van der Waals surface area (Å²) in [6.07, 6.45) is 0.413. The lowest BCUT2D eigenvalue weighted by atomic mass is 9.92. The molecule has 2 rings (SSSR count). The van der Waals surface area contributed by atoms with E-state index < -0.39 is 5.97 Å². The number of rotatable bonds is 5. The third-order valence-corrected chi connectivity index (χ3v) is 3.69. The number of hydrogen-bond acceptors (Lipinski definition) is 4. The minimum atomic E-state index is -0.433. The van der Waals surface area contributed by atoms with Crippen LogP contribution in [-0.2, 0) is 9.53 Å². The number of methoxy groups -OCH3 is 1. The Bertz CT molecular complexity index is 819. The van der Waals surface area contributed by atoms with Gasteiger partial charge in [0.15, 0.2) is 0 Å². The average molecular weight is 368 g/mol. The third-order valence-electron chi connectivity index (χ3n) is 3.69. The average Bonchev–Trinajstić information content (AvgIpc) is 2.60. The summed E-state index contributed by atoms with van der Waals surface area (Å²) in [6, 6.07) is 13.1. The Morgan fingerprint density at radius 3 is 1.78 bits per heavy atom. The van der Waals surface area contributed by atoms with Gasteiger partial charge in [-0.15, -0.1) is 0 Å². The van der Waals surface area contributed by atoms with Crippen molar-refractivity contribution in [1.82, 2.24) is 0 Å². The quantitative estimate of drug-likeness (QED) is 0.778. The predicted octanol–water partition coefficient (Wildman–Crippen LogP) is 4.10. The molecule has 0 unspecified atom stereocenters. The van der Waals surface area contributed by atoms with E-state index in [-0.39, 0.29) is 17.2 Å². The van der Waals surface area contributed by atoms with Gasteiger partial charge in [0, 0.05) is 23.4 Å². The molecule has 142 valence electrons. The van der Waals surface area contributed by atoms with Gasteiger partial charge >= 0.3 is 5.97 Å². The van der Waals surface area contributed by atoms with Gasteiger partial charge in [-0.05, 0) is 53.9 Å². The molecule has 0 atom stereocenters. The molecule has 2 amide bonds. The molecule has 0 heterocycles. The minimum absolute atomic E-state index is 0.0644. The first-order valence-electron chi connectivity index (χ1n) is 8.57. The van der Waals surface area contributed by atoms with Crippen molar-refractivity contribution in [3.8, 4) is 0 Å². The van der Waals surface area contributed by atoms with Gasteiger partial charge in [-0.2, -0.15) is 0 Å². The van der Waals surface area contributed by atoms with Crippen LogP contribution in [0.25, 0.3) is 0 Å². The highest BCUT2D eigenvalue weighted by molar-refractivity contribution is 6.05. The van der Waals surface area contributed by atoms with Crippen molar-refractivity contribution in [1.29, 1.82) is 0 Å². The number of anilines is 2. The Morgan fingerprint density at radius 1 is 0.815 bits per heavy atom. The number of carbonyl (C=O) groups is 3. The van der Waals surface area contributed by atoms with Gasteiger partial charge in [0.05, 0.1) is 12.7 Å². The smallest absolute Gasteiger partial charge is 0.337 e. The van der Waals surface area contributed by atoms with Gasteiger partial charge in [-0.3, -0.25) is 9.59 Å². The van der Waals surface area contributed by atoms with E-state index in [0.29, 0.717) is 28.9 Å². The molecule has 0 aliphatic rings. The summed E-state index contributed by atoms with van der Waals surface area (Å²) < 4.78 is 4.64. The second kappa shape index (κ2) is 8.49. The van der Waals surface area contributed by atoms with E-state index in [1.807, 2.05) is 20.8 Å². The van der Waals surface area contributed by atoms with Crippen molar-refractivity contribution >= 4 is 29.2 Å². The topological polar surface area (TPSA) is 84.5 Å². The summed E-state index contributed by atoms with van der Waals surface area (Å²) in [4.78, 5) is 35.7. The monoisotopic (exact) mass is 368 g/mol. The van der Waals surface area contributed by atoms with E-state index in [2.05, 4.69) is 15.4 Å². The van der Waals surface area contributed by atoms with Gasteiger partial charge in [-0.25, -0.2) is 4.79 Å². The normalized spacial score (nSPS) is 10.8. The number of carbonyl (C=O) groups excluding carboxylic acids is 3. The van der Waals surface area contributed by atoms with Gasteiger partial charge in [0.1, 0.15) is 0 Å². The van der Waals surface area contributed by atoms with Crippen LogP contribution in [0, 0.1) is 5.41 Å². The molecule has 0 aromatic heterocycles. The zero-order valence-corrected chi connectivity index (χ0v) is 16.0. The van der Waals surface area contributed by atoms with Crippen LogP contribution in [0.3, 0.4) is 0 Å². The number of nitrogens with one attached hydrogen (secondary N) is 2. The fourth-order valence-corrected chi connectivity index (χ4v) is 2.40. The molecule has 0 aliphatic carbocycles. The molecule has 2 aromatic carbocycles. The lowest BCUT2D eigenvalue weighted by molar-refractivity contribution is -0.117. The van der Waals surface area contributed by atoms with Crippen LogP contribution in [0.4, 0.5) is 11.4 Å². The largest absolute Gasteiger partial charge is 0.465 e. The summed E-state index contributed by atoms with van der Waals surface area (Å²) in [5, 5.41) is 5.58. The second-order valence-electron chi connectivity index (χ2n) is 7.39. The zero-order valence-electron chi connectivity index (χ0n) is 16.0. The first-order chi connectivity index (χ1) is 12.7. The molecule has 2 N–H and O–H groups in total. The van der Waals surface area contributed by atoms with Crippen molar-refractivity contribution in [2.45, 2.75) is 27.2 Å². The van der Waals surface area contributed by atoms with Crippen LogP contribution in [0.15, 0.2) is 48.5 Å². The van der Waals surface area contributed by atoms with Crippen molar-refractivity contribution < 1.29 is 19.1 Å². The third kappa shape index (κ3) is 6.26. The van der Waals surface area contributed by atoms with Crippen LogP contribution in [0.2, 0.25) is 0 Å². The maximum absolute atomic E-state index is 12.3. The lowest BCUT2D eigenvalue weighted by Crippen LogP contribution is -2.19. The molecule has 6 heteroatoms. The maximum atomic E-state index is 12.3. The van der Waals surface area contributed by atoms with Crippen LogP contribution in [0.5, 0.6) is 0 Å². The molecule has 27 heavy (non-hydrogen) atoms. The fourth-order valence-electron chi connectivity index (χ4n) is 2.40. The molecule has 0 aliphatic heterocycles. The molecule has 0 saturated carbocycles. The molecule has 6 nitrogen and oxygen atoms in total. The summed E-state index contributed by atoms with van der Waals surface area (Å²) in [5.74, 6) is -0.782. The highest BCUT2D eigenvalue weighted by Crippen LogP contribution is 2.20.